The van der Waals surface area contributed by atoms with E-state index in [2.05, 4.69) is 11.8 Å². The molecule has 3 N–H and O–H groups in total. The maximum Gasteiger partial charge on any atom is 0.244 e. The molecule has 0 aromatic heterocycles. The standard InChI is InChI=1S/C13H17NO5S/c15-9-3-5-12-4-1-2-6-13(12)20(18,19)14(7-10-16)8-11-17/h1-2,4,6,15-17H,7-11H2. The van der Waals surface area contributed by atoms with Gasteiger partial charge in [0.05, 0.1) is 18.1 Å². The minimum absolute atomic E-state index is 0.0112. The van der Waals surface area contributed by atoms with Crippen molar-refractivity contribution in [2.24, 2.45) is 0 Å². The number of rotatable bonds is 6. The van der Waals surface area contributed by atoms with Crippen LogP contribution in [0, 0.1) is 11.8 Å². The first-order valence-electron chi connectivity index (χ1n) is 5.98. The molecule has 0 fully saturated rings. The molecule has 0 amide bonds. The molecule has 0 aliphatic rings. The molecule has 0 bridgehead atoms. The zero-order valence-corrected chi connectivity index (χ0v) is 11.7. The molecule has 0 radical (unpaired) electrons. The van der Waals surface area contributed by atoms with E-state index in [1.807, 2.05) is 0 Å². The molecule has 1 rings (SSSR count). The van der Waals surface area contributed by atoms with Gasteiger partial charge in [0, 0.05) is 18.7 Å². The van der Waals surface area contributed by atoms with E-state index in [4.69, 9.17) is 15.3 Å². The number of sulfonamides is 1. The Kier molecular flexibility index (Phi) is 6.64. The van der Waals surface area contributed by atoms with Crippen molar-refractivity contribution in [3.05, 3.63) is 29.8 Å². The molecule has 0 saturated heterocycles. The average molecular weight is 299 g/mol. The number of hydrogen-bond donors (Lipinski definition) is 3. The lowest BCUT2D eigenvalue weighted by Gasteiger charge is -2.20. The zero-order valence-electron chi connectivity index (χ0n) is 10.9. The Morgan fingerprint density at radius 1 is 1.05 bits per heavy atom. The van der Waals surface area contributed by atoms with Crippen molar-refractivity contribution in [3.63, 3.8) is 0 Å². The summed E-state index contributed by atoms with van der Waals surface area (Å²) in [5, 5.41) is 26.6. The molecule has 0 aliphatic carbocycles. The smallest absolute Gasteiger partial charge is 0.244 e. The van der Waals surface area contributed by atoms with Gasteiger partial charge in [-0.15, -0.1) is 0 Å². The van der Waals surface area contributed by atoms with Gasteiger partial charge in [0.15, 0.2) is 0 Å². The number of aliphatic hydroxyl groups excluding tert-OH is 3. The van der Waals surface area contributed by atoms with Gasteiger partial charge < -0.3 is 15.3 Å². The first kappa shape index (κ1) is 16.6. The second-order valence-corrected chi connectivity index (χ2v) is 5.71. The summed E-state index contributed by atoms with van der Waals surface area (Å²) in [6, 6.07) is 6.14. The Bertz CT molecular complexity index is 582. The quantitative estimate of drug-likeness (QED) is 0.586. The molecule has 1 aromatic rings. The summed E-state index contributed by atoms with van der Waals surface area (Å²) in [7, 11) is -3.86. The lowest BCUT2D eigenvalue weighted by atomic mass is 10.2. The fourth-order valence-electron chi connectivity index (χ4n) is 1.64. The van der Waals surface area contributed by atoms with Crippen LogP contribution in [0.25, 0.3) is 0 Å². The number of nitrogens with zero attached hydrogens (tertiary/aromatic N) is 1. The molecule has 1 aromatic carbocycles. The van der Waals surface area contributed by atoms with E-state index in [1.165, 1.54) is 12.1 Å². The van der Waals surface area contributed by atoms with Gasteiger partial charge in [-0.2, -0.15) is 4.31 Å². The molecule has 0 unspecified atom stereocenters. The summed E-state index contributed by atoms with van der Waals surface area (Å²) < 4.78 is 25.9. The van der Waals surface area contributed by atoms with Crippen molar-refractivity contribution < 1.29 is 23.7 Å². The Hall–Kier alpha value is -1.43. The maximum atomic E-state index is 12.5. The molecule has 6 nitrogen and oxygen atoms in total. The summed E-state index contributed by atoms with van der Waals surface area (Å²) in [5.74, 6) is 4.98. The zero-order chi connectivity index (χ0) is 15.0. The normalized spacial score (nSPS) is 11.2. The first-order valence-corrected chi connectivity index (χ1v) is 7.42. The maximum absolute atomic E-state index is 12.5. The van der Waals surface area contributed by atoms with E-state index in [-0.39, 0.29) is 43.4 Å². The van der Waals surface area contributed by atoms with Crippen molar-refractivity contribution in [2.75, 3.05) is 32.9 Å². The van der Waals surface area contributed by atoms with Gasteiger partial charge in [0.1, 0.15) is 6.61 Å². The van der Waals surface area contributed by atoms with Gasteiger partial charge >= 0.3 is 0 Å². The monoisotopic (exact) mass is 299 g/mol. The fraction of sp³-hybridized carbons (Fsp3) is 0.385. The van der Waals surface area contributed by atoms with Crippen LogP contribution >= 0.6 is 0 Å². The lowest BCUT2D eigenvalue weighted by Crippen LogP contribution is -2.36. The first-order chi connectivity index (χ1) is 9.57. The van der Waals surface area contributed by atoms with Crippen LogP contribution in [0.1, 0.15) is 5.56 Å². The predicted molar refractivity (Wildman–Crippen MR) is 73.3 cm³/mol. The molecule has 0 atom stereocenters. The van der Waals surface area contributed by atoms with E-state index in [9.17, 15) is 8.42 Å². The highest BCUT2D eigenvalue weighted by atomic mass is 32.2. The van der Waals surface area contributed by atoms with Gasteiger partial charge in [-0.3, -0.25) is 0 Å². The van der Waals surface area contributed by atoms with Crippen molar-refractivity contribution in [3.8, 4) is 11.8 Å². The van der Waals surface area contributed by atoms with Gasteiger partial charge in [0.2, 0.25) is 10.0 Å². The summed E-state index contributed by atoms with van der Waals surface area (Å²) in [6.07, 6.45) is 0. The topological polar surface area (TPSA) is 98.1 Å². The van der Waals surface area contributed by atoms with Crippen LogP contribution in [0.3, 0.4) is 0 Å². The van der Waals surface area contributed by atoms with Crippen LogP contribution < -0.4 is 0 Å². The molecule has 0 aliphatic heterocycles. The number of benzene rings is 1. The minimum Gasteiger partial charge on any atom is -0.395 e. The van der Waals surface area contributed by atoms with Crippen LogP contribution in [-0.4, -0.2) is 61.0 Å². The second-order valence-electron chi connectivity index (χ2n) is 3.81. The predicted octanol–water partition coefficient (Wildman–Crippen LogP) is -0.994. The molecular weight excluding hydrogens is 282 g/mol. The highest BCUT2D eigenvalue weighted by Gasteiger charge is 2.25. The highest BCUT2D eigenvalue weighted by Crippen LogP contribution is 2.19. The second kappa shape index (κ2) is 7.99. The summed E-state index contributed by atoms with van der Waals surface area (Å²) in [6.45, 7) is -1.27. The van der Waals surface area contributed by atoms with Crippen molar-refractivity contribution in [1.82, 2.24) is 4.31 Å². The number of hydrogen-bond acceptors (Lipinski definition) is 5. The molecule has 0 saturated carbocycles. The number of aliphatic hydroxyl groups is 3. The van der Waals surface area contributed by atoms with Crippen molar-refractivity contribution in [1.29, 1.82) is 0 Å². The lowest BCUT2D eigenvalue weighted by molar-refractivity contribution is 0.217. The minimum atomic E-state index is -3.86. The van der Waals surface area contributed by atoms with Crippen LogP contribution in [0.2, 0.25) is 0 Å². The van der Waals surface area contributed by atoms with Gasteiger partial charge in [0.25, 0.3) is 0 Å². The van der Waals surface area contributed by atoms with Crippen LogP contribution in [-0.2, 0) is 10.0 Å². The average Bonchev–Trinajstić information content (AvgIpc) is 2.45. The Labute approximate surface area is 118 Å². The molecule has 20 heavy (non-hydrogen) atoms. The van der Waals surface area contributed by atoms with E-state index in [0.29, 0.717) is 0 Å². The molecule has 110 valence electrons. The molecular formula is C13H17NO5S. The van der Waals surface area contributed by atoms with E-state index in [0.717, 1.165) is 4.31 Å². The van der Waals surface area contributed by atoms with Crippen molar-refractivity contribution >= 4 is 10.0 Å². The van der Waals surface area contributed by atoms with Crippen molar-refractivity contribution in [2.45, 2.75) is 4.90 Å². The third-order valence-electron chi connectivity index (χ3n) is 2.51. The molecule has 0 heterocycles. The fourth-order valence-corrected chi connectivity index (χ4v) is 3.21. The summed E-state index contributed by atoms with van der Waals surface area (Å²) in [5.41, 5.74) is 0.266. The summed E-state index contributed by atoms with van der Waals surface area (Å²) >= 11 is 0. The van der Waals surface area contributed by atoms with E-state index >= 15 is 0 Å². The SMILES string of the molecule is O=S(=O)(c1ccccc1C#CCO)N(CCO)CCO. The highest BCUT2D eigenvalue weighted by molar-refractivity contribution is 7.89. The molecule has 0 spiro atoms. The molecule has 7 heteroatoms. The third-order valence-corrected chi connectivity index (χ3v) is 4.46. The van der Waals surface area contributed by atoms with Gasteiger partial charge in [-0.05, 0) is 12.1 Å². The van der Waals surface area contributed by atoms with Gasteiger partial charge in [-0.1, -0.05) is 24.0 Å². The third kappa shape index (κ3) is 4.03. The Balaban J connectivity index is 3.26. The largest absolute Gasteiger partial charge is 0.395 e. The van der Waals surface area contributed by atoms with E-state index < -0.39 is 10.0 Å². The Morgan fingerprint density at radius 3 is 2.20 bits per heavy atom. The van der Waals surface area contributed by atoms with E-state index in [1.54, 1.807) is 12.1 Å². The van der Waals surface area contributed by atoms with Crippen LogP contribution in [0.5, 0.6) is 0 Å². The van der Waals surface area contributed by atoms with Gasteiger partial charge in [-0.25, -0.2) is 8.42 Å². The Morgan fingerprint density at radius 2 is 1.65 bits per heavy atom. The summed E-state index contributed by atoms with van der Waals surface area (Å²) in [4.78, 5) is -0.0112. The van der Waals surface area contributed by atoms with Crippen LogP contribution in [0.15, 0.2) is 29.2 Å². The van der Waals surface area contributed by atoms with Crippen LogP contribution in [0.4, 0.5) is 0 Å².